The van der Waals surface area contributed by atoms with Crippen LogP contribution in [0, 0.1) is 0 Å². The van der Waals surface area contributed by atoms with Crippen LogP contribution in [0.25, 0.3) is 0 Å². The number of rotatable bonds is 4. The number of carbonyl (C=O) groups excluding carboxylic acids is 2. The number of nitrogens with zero attached hydrogens (tertiary/aromatic N) is 5. The fraction of sp³-hybridized carbons (Fsp3) is 0.800. The summed E-state index contributed by atoms with van der Waals surface area (Å²) in [5.74, 6) is 0.629. The van der Waals surface area contributed by atoms with Crippen LogP contribution in [0.4, 0.5) is 18.0 Å². The summed E-state index contributed by atoms with van der Waals surface area (Å²) in [7, 11) is 0. The van der Waals surface area contributed by atoms with Gasteiger partial charge in [0.15, 0.2) is 6.10 Å². The topological polar surface area (TPSA) is 102 Å². The summed E-state index contributed by atoms with van der Waals surface area (Å²) in [6.07, 6.45) is -6.03. The Kier molecular flexibility index (Phi) is 6.54. The van der Waals surface area contributed by atoms with Gasteiger partial charge in [-0.15, -0.1) is 10.2 Å². The van der Waals surface area contributed by atoms with Crippen molar-refractivity contribution < 1.29 is 32.2 Å². The molecule has 0 bridgehead atoms. The number of piperidine rings is 1. The molecular weight excluding hydrogens is 445 g/mol. The van der Waals surface area contributed by atoms with Gasteiger partial charge in [0.1, 0.15) is 5.82 Å². The third kappa shape index (κ3) is 5.24. The fourth-order valence-electron chi connectivity index (χ4n) is 4.40. The molecule has 0 aromatic carbocycles. The van der Waals surface area contributed by atoms with Crippen LogP contribution in [0.3, 0.4) is 0 Å². The van der Waals surface area contributed by atoms with Crippen LogP contribution >= 0.6 is 0 Å². The van der Waals surface area contributed by atoms with Crippen LogP contribution in [-0.2, 0) is 22.6 Å². The number of alkyl halides is 3. The second-order valence-corrected chi connectivity index (χ2v) is 9.15. The van der Waals surface area contributed by atoms with Crippen molar-refractivity contribution in [1.29, 1.82) is 0 Å². The minimum absolute atomic E-state index is 0.177. The van der Waals surface area contributed by atoms with Gasteiger partial charge >= 0.3 is 12.3 Å². The molecule has 33 heavy (non-hydrogen) atoms. The molecule has 0 spiro atoms. The number of hydrogen-bond acceptors (Lipinski definition) is 7. The smallest absolute Gasteiger partial charge is 0.425 e. The predicted octanol–water partition coefficient (Wildman–Crippen LogP) is 1.55. The SMILES string of the molecule is CC(OC(=O)N1CCC(C)(NC(=O)c2nnc3n2CCN(C2CCOC2)C3)CC1)C(F)(F)F. The minimum Gasteiger partial charge on any atom is -0.437 e. The monoisotopic (exact) mass is 474 g/mol. The standard InChI is InChI=1S/C20H29F3N6O4/c1-13(20(21,22)23)33-18(31)27-6-4-19(2,5-7-27)24-17(30)16-26-25-15-11-28(8-9-29(15)16)14-3-10-32-12-14/h13-14H,3-12H2,1-2H3,(H,24,30). The Labute approximate surface area is 189 Å². The normalized spacial score (nSPS) is 24.3. The maximum Gasteiger partial charge on any atom is 0.425 e. The number of ether oxygens (including phenoxy) is 2. The van der Waals surface area contributed by atoms with E-state index in [0.717, 1.165) is 32.3 Å². The molecule has 2 unspecified atom stereocenters. The molecule has 2 fully saturated rings. The summed E-state index contributed by atoms with van der Waals surface area (Å²) < 4.78 is 49.7. The Morgan fingerprint density at radius 1 is 1.21 bits per heavy atom. The summed E-state index contributed by atoms with van der Waals surface area (Å²) in [6.45, 7) is 6.47. The van der Waals surface area contributed by atoms with Gasteiger partial charge in [0.05, 0.1) is 13.2 Å². The largest absolute Gasteiger partial charge is 0.437 e. The first-order valence-electron chi connectivity index (χ1n) is 11.1. The third-order valence-electron chi connectivity index (χ3n) is 6.69. The lowest BCUT2D eigenvalue weighted by atomic mass is 9.89. The highest BCUT2D eigenvalue weighted by atomic mass is 19.4. The predicted molar refractivity (Wildman–Crippen MR) is 108 cm³/mol. The molecule has 4 heterocycles. The molecule has 10 nitrogen and oxygen atoms in total. The van der Waals surface area contributed by atoms with Crippen molar-refractivity contribution >= 4 is 12.0 Å². The van der Waals surface area contributed by atoms with E-state index in [1.165, 1.54) is 4.90 Å². The zero-order valence-electron chi connectivity index (χ0n) is 18.7. The summed E-state index contributed by atoms with van der Waals surface area (Å²) >= 11 is 0. The number of halogens is 3. The highest BCUT2D eigenvalue weighted by Gasteiger charge is 2.41. The van der Waals surface area contributed by atoms with Crippen molar-refractivity contribution in [2.45, 2.75) is 70.1 Å². The van der Waals surface area contributed by atoms with Crippen molar-refractivity contribution in [2.24, 2.45) is 0 Å². The average Bonchev–Trinajstić information content (AvgIpc) is 3.43. The van der Waals surface area contributed by atoms with Crippen molar-refractivity contribution in [3.8, 4) is 0 Å². The minimum atomic E-state index is -4.60. The Bertz CT molecular complexity index is 878. The van der Waals surface area contributed by atoms with Crippen molar-refractivity contribution in [3.63, 3.8) is 0 Å². The second-order valence-electron chi connectivity index (χ2n) is 9.15. The van der Waals surface area contributed by atoms with E-state index in [0.29, 0.717) is 38.6 Å². The number of fused-ring (bicyclic) bond motifs is 1. The molecule has 1 N–H and O–H groups in total. The van der Waals surface area contributed by atoms with Gasteiger partial charge in [-0.25, -0.2) is 4.79 Å². The molecular formula is C20H29F3N6O4. The Morgan fingerprint density at radius 2 is 1.94 bits per heavy atom. The highest BCUT2D eigenvalue weighted by Crippen LogP contribution is 2.26. The lowest BCUT2D eigenvalue weighted by Gasteiger charge is -2.39. The van der Waals surface area contributed by atoms with E-state index in [2.05, 4.69) is 25.2 Å². The van der Waals surface area contributed by atoms with Gasteiger partial charge in [-0.2, -0.15) is 13.2 Å². The molecule has 2 amide bonds. The van der Waals surface area contributed by atoms with Crippen LogP contribution in [0.15, 0.2) is 0 Å². The van der Waals surface area contributed by atoms with Crippen LogP contribution in [0.5, 0.6) is 0 Å². The molecule has 0 aliphatic carbocycles. The van der Waals surface area contributed by atoms with Crippen molar-refractivity contribution in [3.05, 3.63) is 11.6 Å². The molecule has 2 saturated heterocycles. The van der Waals surface area contributed by atoms with Crippen LogP contribution in [0.2, 0.25) is 0 Å². The third-order valence-corrected chi connectivity index (χ3v) is 6.69. The first-order chi connectivity index (χ1) is 15.6. The number of amides is 2. The van der Waals surface area contributed by atoms with Gasteiger partial charge in [0.2, 0.25) is 5.82 Å². The van der Waals surface area contributed by atoms with Gasteiger partial charge in [-0.3, -0.25) is 9.69 Å². The van der Waals surface area contributed by atoms with Crippen LogP contribution < -0.4 is 5.32 Å². The van der Waals surface area contributed by atoms with E-state index in [4.69, 9.17) is 4.74 Å². The molecule has 13 heteroatoms. The molecule has 1 aromatic heterocycles. The van der Waals surface area contributed by atoms with Crippen LogP contribution in [-0.4, -0.2) is 93.3 Å². The highest BCUT2D eigenvalue weighted by molar-refractivity contribution is 5.91. The van der Waals surface area contributed by atoms with Crippen LogP contribution in [0.1, 0.15) is 49.6 Å². The van der Waals surface area contributed by atoms with E-state index in [-0.39, 0.29) is 24.8 Å². The van der Waals surface area contributed by atoms with E-state index in [9.17, 15) is 22.8 Å². The Morgan fingerprint density at radius 3 is 2.58 bits per heavy atom. The summed E-state index contributed by atoms with van der Waals surface area (Å²) in [6, 6.07) is 0.364. The number of carbonyl (C=O) groups is 2. The summed E-state index contributed by atoms with van der Waals surface area (Å²) in [5.41, 5.74) is -0.627. The second kappa shape index (κ2) is 9.09. The zero-order chi connectivity index (χ0) is 23.8. The van der Waals surface area contributed by atoms with Gasteiger partial charge in [0.25, 0.3) is 5.91 Å². The lowest BCUT2D eigenvalue weighted by molar-refractivity contribution is -0.200. The summed E-state index contributed by atoms with van der Waals surface area (Å²) in [4.78, 5) is 28.5. The molecule has 0 saturated carbocycles. The van der Waals surface area contributed by atoms with E-state index >= 15 is 0 Å². The van der Waals surface area contributed by atoms with E-state index in [1.807, 2.05) is 11.5 Å². The average molecular weight is 474 g/mol. The zero-order valence-corrected chi connectivity index (χ0v) is 18.7. The molecule has 1 aromatic rings. The molecule has 3 aliphatic heterocycles. The van der Waals surface area contributed by atoms with Gasteiger partial charge < -0.3 is 24.3 Å². The first-order valence-corrected chi connectivity index (χ1v) is 11.1. The molecule has 184 valence electrons. The summed E-state index contributed by atoms with van der Waals surface area (Å²) in [5, 5.41) is 11.3. The Balaban J connectivity index is 1.31. The van der Waals surface area contributed by atoms with Crippen molar-refractivity contribution in [2.75, 3.05) is 32.8 Å². The lowest BCUT2D eigenvalue weighted by Crippen LogP contribution is -2.55. The van der Waals surface area contributed by atoms with Crippen molar-refractivity contribution in [1.82, 2.24) is 29.9 Å². The quantitative estimate of drug-likeness (QED) is 0.707. The molecule has 3 aliphatic rings. The maximum atomic E-state index is 13.0. The van der Waals surface area contributed by atoms with Gasteiger partial charge in [-0.05, 0) is 33.1 Å². The molecule has 4 rings (SSSR count). The maximum absolute atomic E-state index is 13.0. The number of aromatic nitrogens is 3. The van der Waals surface area contributed by atoms with Gasteiger partial charge in [-0.1, -0.05) is 0 Å². The number of nitrogens with one attached hydrogen (secondary N) is 1. The Hall–Kier alpha value is -2.41. The fourth-order valence-corrected chi connectivity index (χ4v) is 4.40. The molecule has 0 radical (unpaired) electrons. The van der Waals surface area contributed by atoms with E-state index in [1.54, 1.807) is 0 Å². The molecule has 2 atom stereocenters. The van der Waals surface area contributed by atoms with E-state index < -0.39 is 23.9 Å². The number of likely N-dealkylation sites (tertiary alicyclic amines) is 1. The number of hydrogen-bond donors (Lipinski definition) is 1. The van der Waals surface area contributed by atoms with Gasteiger partial charge in [0, 0.05) is 44.4 Å². The first kappa shape index (κ1) is 23.7.